The Morgan fingerprint density at radius 2 is 1.77 bits per heavy atom. The number of ketones is 1. The van der Waals surface area contributed by atoms with Crippen molar-refractivity contribution < 1.29 is 28.3 Å². The van der Waals surface area contributed by atoms with E-state index in [1.54, 1.807) is 30.5 Å². The first-order valence-electron chi connectivity index (χ1n) is 10.2. The summed E-state index contributed by atoms with van der Waals surface area (Å²) in [5, 5.41) is 21.3. The van der Waals surface area contributed by atoms with Crippen LogP contribution in [-0.2, 0) is 4.79 Å². The van der Waals surface area contributed by atoms with Crippen LogP contribution in [0.25, 0.3) is 16.8 Å². The summed E-state index contributed by atoms with van der Waals surface area (Å²) in [4.78, 5) is 36.5. The maximum atomic E-state index is 14.2. The fourth-order valence-electron chi connectivity index (χ4n) is 3.37. The minimum absolute atomic E-state index is 0.00258. The van der Waals surface area contributed by atoms with Crippen LogP contribution in [0.2, 0.25) is 0 Å². The molecule has 2 amide bonds. The van der Waals surface area contributed by atoms with Crippen LogP contribution < -0.4 is 10.6 Å². The first-order chi connectivity index (χ1) is 16.8. The summed E-state index contributed by atoms with van der Waals surface area (Å²) >= 11 is 0. The fraction of sp³-hybridized carbons (Fsp3) is 0.0417. The monoisotopic (exact) mass is 477 g/mol. The van der Waals surface area contributed by atoms with E-state index in [4.69, 9.17) is 5.11 Å². The van der Waals surface area contributed by atoms with Gasteiger partial charge < -0.3 is 10.4 Å². The highest BCUT2D eigenvalue weighted by atomic mass is 19.1. The molecule has 3 aromatic carbocycles. The van der Waals surface area contributed by atoms with Crippen LogP contribution in [0.1, 0.15) is 16.8 Å². The quantitative estimate of drug-likeness (QED) is 0.266. The van der Waals surface area contributed by atoms with Crippen LogP contribution in [0.4, 0.5) is 25.0 Å². The molecule has 0 unspecified atom stereocenters. The Labute approximate surface area is 197 Å². The number of hydrogen-bond donors (Lipinski definition) is 3. The zero-order valence-electron chi connectivity index (χ0n) is 17.9. The third-order valence-corrected chi connectivity index (χ3v) is 4.95. The summed E-state index contributed by atoms with van der Waals surface area (Å²) in [6.07, 6.45) is 1.16. The second-order valence-corrected chi connectivity index (χ2v) is 7.36. The molecular formula is C24H17F2N5O4. The topological polar surface area (TPSA) is 126 Å². The molecule has 0 fully saturated rings. The van der Waals surface area contributed by atoms with Crippen LogP contribution in [0.15, 0.2) is 73.1 Å². The van der Waals surface area contributed by atoms with Crippen LogP contribution >= 0.6 is 0 Å². The van der Waals surface area contributed by atoms with Gasteiger partial charge >= 0.3 is 6.09 Å². The number of carboxylic acid groups (broad SMARTS) is 1. The van der Waals surface area contributed by atoms with Crippen molar-refractivity contribution in [1.82, 2.24) is 15.0 Å². The molecule has 0 atom stereocenters. The number of amides is 2. The zero-order valence-corrected chi connectivity index (χ0v) is 17.9. The molecule has 0 bridgehead atoms. The largest absolute Gasteiger partial charge is 0.465 e. The van der Waals surface area contributed by atoms with Gasteiger partial charge in [0.2, 0.25) is 5.91 Å². The van der Waals surface area contributed by atoms with E-state index in [-0.39, 0.29) is 28.1 Å². The summed E-state index contributed by atoms with van der Waals surface area (Å²) in [5.74, 6) is -2.79. The van der Waals surface area contributed by atoms with E-state index in [0.29, 0.717) is 11.8 Å². The molecule has 11 heteroatoms. The van der Waals surface area contributed by atoms with Crippen molar-refractivity contribution >= 4 is 29.2 Å². The number of carbonyl (C=O) groups excluding carboxylic acids is 2. The molecule has 4 aromatic rings. The number of nitrogens with zero attached hydrogens (tertiary/aromatic N) is 3. The number of hydrogen-bond acceptors (Lipinski definition) is 5. The summed E-state index contributed by atoms with van der Waals surface area (Å²) in [5.41, 5.74) is 1.17. The normalized spacial score (nSPS) is 10.6. The van der Waals surface area contributed by atoms with Crippen molar-refractivity contribution in [3.05, 3.63) is 90.3 Å². The lowest BCUT2D eigenvalue weighted by Gasteiger charge is -2.13. The first kappa shape index (κ1) is 23.2. The minimum Gasteiger partial charge on any atom is -0.465 e. The zero-order chi connectivity index (χ0) is 24.9. The average Bonchev–Trinajstić information content (AvgIpc) is 3.35. The Balaban J connectivity index is 1.56. The van der Waals surface area contributed by atoms with Crippen molar-refractivity contribution in [2.75, 3.05) is 10.6 Å². The Bertz CT molecular complexity index is 1420. The number of nitrogens with one attached hydrogen (secondary N) is 2. The standard InChI is InChI=1S/C24H17F2N5O4/c25-16-5-6-18(19(26)12-16)14-4-7-20(29-24(34)35)21(11-14)28-23(33)13-22(32)15-2-1-3-17(10-15)31-9-8-27-30-31/h1-12,29H,13H2,(H,28,33)(H,34,35). The van der Waals surface area contributed by atoms with Crippen LogP contribution in [-0.4, -0.2) is 37.9 Å². The van der Waals surface area contributed by atoms with Crippen LogP contribution in [0.3, 0.4) is 0 Å². The predicted molar refractivity (Wildman–Crippen MR) is 122 cm³/mol. The number of benzene rings is 3. The lowest BCUT2D eigenvalue weighted by atomic mass is 10.0. The van der Waals surface area contributed by atoms with E-state index < -0.39 is 35.8 Å². The van der Waals surface area contributed by atoms with Gasteiger partial charge in [0.1, 0.15) is 11.6 Å². The van der Waals surface area contributed by atoms with E-state index >= 15 is 0 Å². The first-order valence-corrected chi connectivity index (χ1v) is 10.2. The van der Waals surface area contributed by atoms with Crippen molar-refractivity contribution in [2.45, 2.75) is 6.42 Å². The number of anilines is 2. The Kier molecular flexibility index (Phi) is 6.58. The summed E-state index contributed by atoms with van der Waals surface area (Å²) in [6.45, 7) is 0. The molecular weight excluding hydrogens is 460 g/mol. The van der Waals surface area contributed by atoms with Gasteiger partial charge in [-0.3, -0.25) is 14.9 Å². The predicted octanol–water partition coefficient (Wildman–Crippen LogP) is 4.51. The molecule has 0 saturated carbocycles. The van der Waals surface area contributed by atoms with Crippen LogP contribution in [0.5, 0.6) is 0 Å². The molecule has 0 aliphatic carbocycles. The molecule has 3 N–H and O–H groups in total. The molecule has 4 rings (SSSR count). The Hall–Kier alpha value is -4.93. The van der Waals surface area contributed by atoms with Crippen molar-refractivity contribution in [3.8, 4) is 16.8 Å². The number of aromatic nitrogens is 3. The highest BCUT2D eigenvalue weighted by Crippen LogP contribution is 2.31. The van der Waals surface area contributed by atoms with Crippen molar-refractivity contribution in [3.63, 3.8) is 0 Å². The molecule has 0 radical (unpaired) electrons. The maximum absolute atomic E-state index is 14.2. The Morgan fingerprint density at radius 1 is 0.943 bits per heavy atom. The summed E-state index contributed by atoms with van der Waals surface area (Å²) in [6, 6.07) is 13.5. The minimum atomic E-state index is -1.39. The fourth-order valence-corrected chi connectivity index (χ4v) is 3.37. The molecule has 1 heterocycles. The van der Waals surface area contributed by atoms with E-state index in [2.05, 4.69) is 20.9 Å². The smallest absolute Gasteiger partial charge is 0.409 e. The maximum Gasteiger partial charge on any atom is 0.409 e. The second-order valence-electron chi connectivity index (χ2n) is 7.36. The highest BCUT2D eigenvalue weighted by molar-refractivity contribution is 6.12. The van der Waals surface area contributed by atoms with E-state index in [1.165, 1.54) is 35.1 Å². The molecule has 9 nitrogen and oxygen atoms in total. The number of carbonyl (C=O) groups is 3. The molecule has 176 valence electrons. The van der Waals surface area contributed by atoms with Gasteiger partial charge in [-0.05, 0) is 42.0 Å². The number of halogens is 2. The van der Waals surface area contributed by atoms with Crippen LogP contribution in [0, 0.1) is 11.6 Å². The van der Waals surface area contributed by atoms with E-state index in [1.807, 2.05) is 0 Å². The molecule has 0 aliphatic rings. The van der Waals surface area contributed by atoms with Crippen molar-refractivity contribution in [2.24, 2.45) is 0 Å². The van der Waals surface area contributed by atoms with Crippen molar-refractivity contribution in [1.29, 1.82) is 0 Å². The summed E-state index contributed by atoms with van der Waals surface area (Å²) in [7, 11) is 0. The van der Waals surface area contributed by atoms with Gasteiger partial charge in [-0.1, -0.05) is 23.4 Å². The second kappa shape index (κ2) is 9.91. The van der Waals surface area contributed by atoms with Gasteiger partial charge in [0, 0.05) is 17.2 Å². The molecule has 1 aromatic heterocycles. The van der Waals surface area contributed by atoms with Gasteiger partial charge in [-0.25, -0.2) is 18.3 Å². The van der Waals surface area contributed by atoms with Gasteiger partial charge in [0.05, 0.1) is 35.9 Å². The number of Topliss-reactive ketones (excluding diaryl/α,β-unsaturated/α-hetero) is 1. The van der Waals surface area contributed by atoms with E-state index in [9.17, 15) is 23.2 Å². The van der Waals surface area contributed by atoms with E-state index in [0.717, 1.165) is 6.07 Å². The molecule has 35 heavy (non-hydrogen) atoms. The third kappa shape index (κ3) is 5.53. The average molecular weight is 477 g/mol. The SMILES string of the molecule is O=C(O)Nc1ccc(-c2ccc(F)cc2F)cc1NC(=O)CC(=O)c1cccc(-n2ccnn2)c1. The van der Waals surface area contributed by atoms with Gasteiger partial charge in [0.15, 0.2) is 5.78 Å². The Morgan fingerprint density at radius 3 is 2.49 bits per heavy atom. The third-order valence-electron chi connectivity index (χ3n) is 4.95. The van der Waals surface area contributed by atoms with Gasteiger partial charge in [0.25, 0.3) is 0 Å². The molecule has 0 aliphatic heterocycles. The molecule has 0 saturated heterocycles. The lowest BCUT2D eigenvalue weighted by Crippen LogP contribution is -2.18. The van der Waals surface area contributed by atoms with Gasteiger partial charge in [-0.2, -0.15) is 0 Å². The number of rotatable bonds is 7. The lowest BCUT2D eigenvalue weighted by molar-refractivity contribution is -0.115. The van der Waals surface area contributed by atoms with Gasteiger partial charge in [-0.15, -0.1) is 5.10 Å². The summed E-state index contributed by atoms with van der Waals surface area (Å²) < 4.78 is 29.0. The molecule has 0 spiro atoms. The highest BCUT2D eigenvalue weighted by Gasteiger charge is 2.17.